The molecule has 2 atom stereocenters. The van der Waals surface area contributed by atoms with Gasteiger partial charge in [0.25, 0.3) is 0 Å². The van der Waals surface area contributed by atoms with Crippen LogP contribution in [0.15, 0.2) is 12.1 Å². The van der Waals surface area contributed by atoms with Crippen LogP contribution in [-0.4, -0.2) is 23.5 Å². The number of aryl methyl sites for hydroxylation is 2. The predicted octanol–water partition coefficient (Wildman–Crippen LogP) is 3.09. The first-order valence-electron chi connectivity index (χ1n) is 9.20. The fourth-order valence-corrected chi connectivity index (χ4v) is 3.73. The van der Waals surface area contributed by atoms with Gasteiger partial charge >= 0.3 is 0 Å². The van der Waals surface area contributed by atoms with Gasteiger partial charge in [-0.1, -0.05) is 12.8 Å². The number of carbonyl (C=O) groups excluding carboxylic acids is 3. The van der Waals surface area contributed by atoms with Gasteiger partial charge < -0.3 is 5.32 Å². The Labute approximate surface area is 155 Å². The van der Waals surface area contributed by atoms with Gasteiger partial charge in [0.05, 0.1) is 0 Å². The Balaban J connectivity index is 2.34. The van der Waals surface area contributed by atoms with Crippen LogP contribution < -0.4 is 5.32 Å². The zero-order valence-electron chi connectivity index (χ0n) is 16.2. The minimum absolute atomic E-state index is 0.0201. The van der Waals surface area contributed by atoms with Gasteiger partial charge in [0.2, 0.25) is 5.91 Å². The van der Waals surface area contributed by atoms with Crippen molar-refractivity contribution in [1.29, 1.82) is 0 Å². The van der Waals surface area contributed by atoms with Crippen molar-refractivity contribution >= 4 is 17.5 Å². The van der Waals surface area contributed by atoms with Crippen LogP contribution in [0.4, 0.5) is 0 Å². The average Bonchev–Trinajstić information content (AvgIpc) is 2.80. The van der Waals surface area contributed by atoms with Crippen LogP contribution in [0.2, 0.25) is 0 Å². The molecule has 1 aliphatic rings. The van der Waals surface area contributed by atoms with Crippen LogP contribution in [0.3, 0.4) is 0 Å². The van der Waals surface area contributed by atoms with Gasteiger partial charge in [0.1, 0.15) is 11.7 Å². The van der Waals surface area contributed by atoms with Gasteiger partial charge in [-0.05, 0) is 62.9 Å². The fraction of sp³-hybridized carbons (Fsp3) is 0.500. The molecule has 1 aromatic rings. The number of Topliss-reactive ketones (excluding diaryl/α,β-unsaturated/α-hetero) is 2. The third-order valence-electron chi connectivity index (χ3n) is 4.75. The molecule has 2 rings (SSSR count). The molecular formula is C22H27NO3. The van der Waals surface area contributed by atoms with Crippen molar-refractivity contribution in [3.8, 4) is 11.8 Å². The van der Waals surface area contributed by atoms with Crippen molar-refractivity contribution in [1.82, 2.24) is 5.32 Å². The third-order valence-corrected chi connectivity index (χ3v) is 4.75. The van der Waals surface area contributed by atoms with E-state index in [-0.39, 0.29) is 36.4 Å². The van der Waals surface area contributed by atoms with E-state index in [0.29, 0.717) is 0 Å². The molecule has 138 valence electrons. The number of benzene rings is 1. The Morgan fingerprint density at radius 1 is 1.31 bits per heavy atom. The van der Waals surface area contributed by atoms with Gasteiger partial charge in [-0.15, -0.1) is 5.92 Å². The summed E-state index contributed by atoms with van der Waals surface area (Å²) in [5.41, 5.74) is 3.62. The lowest BCUT2D eigenvalue weighted by Gasteiger charge is -2.17. The number of nitrogens with one attached hydrogen (secondary N) is 1. The molecule has 0 heterocycles. The minimum atomic E-state index is -0.745. The molecule has 0 aliphatic heterocycles. The number of amides is 1. The smallest absolute Gasteiger partial charge is 0.220 e. The molecule has 0 radical (unpaired) electrons. The summed E-state index contributed by atoms with van der Waals surface area (Å²) in [6, 6.07) is 3.93. The summed E-state index contributed by atoms with van der Waals surface area (Å²) in [7, 11) is 0. The van der Waals surface area contributed by atoms with E-state index in [9.17, 15) is 14.4 Å². The Kier molecular flexibility index (Phi) is 6.37. The van der Waals surface area contributed by atoms with Gasteiger partial charge in [-0.25, -0.2) is 0 Å². The third kappa shape index (κ3) is 4.22. The monoisotopic (exact) mass is 353 g/mol. The molecule has 4 nitrogen and oxygen atoms in total. The number of rotatable bonds is 5. The standard InChI is InChI=1S/C22H27NO3/c1-6-8-15-9-14(5)20(16(7-2)10-15)21-18(24)11-17(22(21)26)12-19(25)23-13(3)4/h9-10,13,17,21H,7,11-12H2,1-5H3,(H,23,25). The predicted molar refractivity (Wildman–Crippen MR) is 102 cm³/mol. The highest BCUT2D eigenvalue weighted by molar-refractivity contribution is 6.15. The second-order valence-corrected chi connectivity index (χ2v) is 7.22. The second-order valence-electron chi connectivity index (χ2n) is 7.22. The number of carbonyl (C=O) groups is 3. The molecule has 4 heteroatoms. The lowest BCUT2D eigenvalue weighted by molar-refractivity contribution is -0.128. The normalized spacial score (nSPS) is 19.5. The largest absolute Gasteiger partial charge is 0.354 e. The zero-order valence-corrected chi connectivity index (χ0v) is 16.2. The maximum atomic E-state index is 12.9. The molecule has 26 heavy (non-hydrogen) atoms. The molecule has 1 saturated carbocycles. The number of hydrogen-bond acceptors (Lipinski definition) is 3. The van der Waals surface area contributed by atoms with E-state index in [4.69, 9.17) is 0 Å². The Bertz CT molecular complexity index is 796. The SMILES string of the molecule is CC#Cc1cc(C)c(C2C(=O)CC(CC(=O)NC(C)C)C2=O)c(CC)c1. The summed E-state index contributed by atoms with van der Waals surface area (Å²) in [6.45, 7) is 9.47. The van der Waals surface area contributed by atoms with E-state index in [1.807, 2.05) is 39.8 Å². The molecule has 2 unspecified atom stereocenters. The molecule has 0 spiro atoms. The minimum Gasteiger partial charge on any atom is -0.354 e. The van der Waals surface area contributed by atoms with Crippen LogP contribution in [0, 0.1) is 24.7 Å². The maximum absolute atomic E-state index is 12.9. The Hall–Kier alpha value is -2.41. The van der Waals surface area contributed by atoms with E-state index in [0.717, 1.165) is 28.7 Å². The molecule has 1 N–H and O–H groups in total. The second kappa shape index (κ2) is 8.31. The number of hydrogen-bond donors (Lipinski definition) is 1. The molecule has 0 aromatic heterocycles. The Morgan fingerprint density at radius 2 is 2.00 bits per heavy atom. The van der Waals surface area contributed by atoms with Gasteiger partial charge in [0, 0.05) is 30.4 Å². The first-order chi connectivity index (χ1) is 12.3. The van der Waals surface area contributed by atoms with Crippen molar-refractivity contribution in [3.05, 3.63) is 34.4 Å². The van der Waals surface area contributed by atoms with Gasteiger partial charge in [0.15, 0.2) is 5.78 Å². The summed E-state index contributed by atoms with van der Waals surface area (Å²) in [5, 5.41) is 2.80. The van der Waals surface area contributed by atoms with Gasteiger partial charge in [-0.2, -0.15) is 0 Å². The molecule has 1 aliphatic carbocycles. The maximum Gasteiger partial charge on any atom is 0.220 e. The van der Waals surface area contributed by atoms with Crippen molar-refractivity contribution in [2.75, 3.05) is 0 Å². The van der Waals surface area contributed by atoms with Crippen molar-refractivity contribution in [2.24, 2.45) is 5.92 Å². The summed E-state index contributed by atoms with van der Waals surface area (Å²) >= 11 is 0. The molecule has 1 amide bonds. The zero-order chi connectivity index (χ0) is 19.4. The first-order valence-corrected chi connectivity index (χ1v) is 9.20. The molecule has 1 aromatic carbocycles. The lowest BCUT2D eigenvalue weighted by atomic mass is 9.85. The molecule has 0 saturated heterocycles. The van der Waals surface area contributed by atoms with E-state index < -0.39 is 11.8 Å². The van der Waals surface area contributed by atoms with Gasteiger partial charge in [-0.3, -0.25) is 14.4 Å². The summed E-state index contributed by atoms with van der Waals surface area (Å²) < 4.78 is 0. The first kappa shape index (κ1) is 19.9. The van der Waals surface area contributed by atoms with E-state index in [1.54, 1.807) is 6.92 Å². The quantitative estimate of drug-likeness (QED) is 0.653. The highest BCUT2D eigenvalue weighted by Gasteiger charge is 2.44. The van der Waals surface area contributed by atoms with Crippen molar-refractivity contribution in [3.63, 3.8) is 0 Å². The summed E-state index contributed by atoms with van der Waals surface area (Å²) in [4.78, 5) is 37.6. The summed E-state index contributed by atoms with van der Waals surface area (Å²) in [6.07, 6.45) is 0.957. The Morgan fingerprint density at radius 3 is 2.58 bits per heavy atom. The van der Waals surface area contributed by atoms with Crippen LogP contribution in [0.5, 0.6) is 0 Å². The van der Waals surface area contributed by atoms with Crippen molar-refractivity contribution in [2.45, 2.75) is 65.8 Å². The molecule has 1 fully saturated rings. The van der Waals surface area contributed by atoms with Crippen LogP contribution >= 0.6 is 0 Å². The van der Waals surface area contributed by atoms with E-state index in [1.165, 1.54) is 0 Å². The van der Waals surface area contributed by atoms with Crippen LogP contribution in [0.25, 0.3) is 0 Å². The topological polar surface area (TPSA) is 63.2 Å². The molecule has 0 bridgehead atoms. The van der Waals surface area contributed by atoms with E-state index >= 15 is 0 Å². The van der Waals surface area contributed by atoms with Crippen molar-refractivity contribution < 1.29 is 14.4 Å². The highest BCUT2D eigenvalue weighted by atomic mass is 16.2. The fourth-order valence-electron chi connectivity index (χ4n) is 3.73. The molecular weight excluding hydrogens is 326 g/mol. The highest BCUT2D eigenvalue weighted by Crippen LogP contribution is 2.37. The van der Waals surface area contributed by atoms with Crippen LogP contribution in [-0.2, 0) is 20.8 Å². The van der Waals surface area contributed by atoms with Crippen LogP contribution in [0.1, 0.15) is 68.7 Å². The van der Waals surface area contributed by atoms with E-state index in [2.05, 4.69) is 17.2 Å². The summed E-state index contributed by atoms with van der Waals surface area (Å²) in [5.74, 6) is 4.28. The average molecular weight is 353 g/mol. The number of ketones is 2. The lowest BCUT2D eigenvalue weighted by Crippen LogP contribution is -2.32.